The van der Waals surface area contributed by atoms with Crippen LogP contribution in [0.15, 0.2) is 18.2 Å². The van der Waals surface area contributed by atoms with Crippen molar-refractivity contribution in [2.24, 2.45) is 0 Å². The Bertz CT molecular complexity index is 380. The summed E-state index contributed by atoms with van der Waals surface area (Å²) in [4.78, 5) is 10.5. The van der Waals surface area contributed by atoms with Crippen molar-refractivity contribution in [3.05, 3.63) is 28.2 Å². The summed E-state index contributed by atoms with van der Waals surface area (Å²) in [5.41, 5.74) is 0. The summed E-state index contributed by atoms with van der Waals surface area (Å²) in [6.07, 6.45) is 1.57. The van der Waals surface area contributed by atoms with Gasteiger partial charge in [0.05, 0.1) is 18.2 Å². The second kappa shape index (κ2) is 7.41. The topological polar surface area (TPSA) is 35.5 Å². The van der Waals surface area contributed by atoms with Crippen LogP contribution in [-0.4, -0.2) is 19.2 Å². The van der Waals surface area contributed by atoms with Gasteiger partial charge in [0.25, 0.3) is 0 Å². The quantitative estimate of drug-likeness (QED) is 0.587. The summed E-state index contributed by atoms with van der Waals surface area (Å²) in [5, 5.41) is 1.08. The van der Waals surface area contributed by atoms with Crippen molar-refractivity contribution in [2.45, 2.75) is 19.8 Å². The van der Waals surface area contributed by atoms with Gasteiger partial charge in [0.2, 0.25) is 0 Å². The van der Waals surface area contributed by atoms with E-state index in [1.54, 1.807) is 18.2 Å². The van der Waals surface area contributed by atoms with Crippen LogP contribution in [0.5, 0.6) is 5.75 Å². The summed E-state index contributed by atoms with van der Waals surface area (Å²) in [7, 11) is 0. The average Bonchev–Trinajstić information content (AvgIpc) is 2.25. The second-order valence-electron chi connectivity index (χ2n) is 3.47. The Hall–Kier alpha value is -0.930. The Morgan fingerprint density at radius 2 is 1.94 bits per heavy atom. The van der Waals surface area contributed by atoms with Gasteiger partial charge in [-0.1, -0.05) is 23.2 Å². The first-order valence-electron chi connectivity index (χ1n) is 5.31. The van der Waals surface area contributed by atoms with Gasteiger partial charge in [0.1, 0.15) is 5.75 Å². The van der Waals surface area contributed by atoms with E-state index < -0.39 is 0 Å². The molecule has 0 bridgehead atoms. The van der Waals surface area contributed by atoms with Crippen LogP contribution in [0.3, 0.4) is 0 Å². The van der Waals surface area contributed by atoms with Gasteiger partial charge in [0, 0.05) is 11.9 Å². The Balaban J connectivity index is 2.20. The van der Waals surface area contributed by atoms with Crippen LogP contribution in [0, 0.1) is 0 Å². The molecule has 0 aliphatic rings. The molecule has 0 N–H and O–H groups in total. The molecule has 0 heterocycles. The Morgan fingerprint density at radius 3 is 2.59 bits per heavy atom. The predicted octanol–water partition coefficient (Wildman–Crippen LogP) is 3.72. The zero-order valence-electron chi connectivity index (χ0n) is 9.54. The van der Waals surface area contributed by atoms with E-state index >= 15 is 0 Å². The molecule has 0 spiro atoms. The minimum absolute atomic E-state index is 0.258. The second-order valence-corrected chi connectivity index (χ2v) is 4.31. The van der Waals surface area contributed by atoms with E-state index in [1.165, 1.54) is 6.92 Å². The monoisotopic (exact) mass is 276 g/mol. The maximum atomic E-state index is 10.5. The minimum Gasteiger partial charge on any atom is -0.492 e. The van der Waals surface area contributed by atoms with E-state index in [0.29, 0.717) is 29.0 Å². The van der Waals surface area contributed by atoms with Gasteiger partial charge in [-0.25, -0.2) is 0 Å². The summed E-state index contributed by atoms with van der Waals surface area (Å²) >= 11 is 11.7. The number of carbonyl (C=O) groups is 1. The third-order valence-electron chi connectivity index (χ3n) is 2.00. The molecule has 0 atom stereocenters. The van der Waals surface area contributed by atoms with E-state index in [-0.39, 0.29) is 5.97 Å². The number of hydrogen-bond acceptors (Lipinski definition) is 3. The zero-order chi connectivity index (χ0) is 12.7. The summed E-state index contributed by atoms with van der Waals surface area (Å²) < 4.78 is 10.3. The van der Waals surface area contributed by atoms with Gasteiger partial charge in [-0.05, 0) is 31.0 Å². The highest BCUT2D eigenvalue weighted by atomic mass is 35.5. The summed E-state index contributed by atoms with van der Waals surface area (Å²) in [6.45, 7) is 2.35. The number of rotatable bonds is 6. The largest absolute Gasteiger partial charge is 0.492 e. The van der Waals surface area contributed by atoms with Gasteiger partial charge in [-0.3, -0.25) is 4.79 Å². The summed E-state index contributed by atoms with van der Waals surface area (Å²) in [6, 6.07) is 5.09. The molecule has 1 aromatic carbocycles. The molecule has 0 amide bonds. The van der Waals surface area contributed by atoms with Crippen molar-refractivity contribution < 1.29 is 14.3 Å². The van der Waals surface area contributed by atoms with E-state index in [9.17, 15) is 4.79 Å². The molecular formula is C12H14Cl2O3. The molecule has 1 rings (SSSR count). The molecule has 0 radical (unpaired) electrons. The Morgan fingerprint density at radius 1 is 1.24 bits per heavy atom. The van der Waals surface area contributed by atoms with Crippen molar-refractivity contribution in [1.29, 1.82) is 0 Å². The molecule has 1 aromatic rings. The van der Waals surface area contributed by atoms with E-state index in [2.05, 4.69) is 0 Å². The number of ether oxygens (including phenoxy) is 2. The number of benzene rings is 1. The van der Waals surface area contributed by atoms with Crippen molar-refractivity contribution in [3.8, 4) is 5.75 Å². The first kappa shape index (κ1) is 14.1. The lowest BCUT2D eigenvalue weighted by molar-refractivity contribution is -0.141. The van der Waals surface area contributed by atoms with Gasteiger partial charge in [-0.15, -0.1) is 0 Å². The van der Waals surface area contributed by atoms with E-state index in [4.69, 9.17) is 32.7 Å². The fraction of sp³-hybridized carbons (Fsp3) is 0.417. The molecule has 94 valence electrons. The normalized spacial score (nSPS) is 10.1. The lowest BCUT2D eigenvalue weighted by atomic mass is 10.3. The molecular weight excluding hydrogens is 263 g/mol. The molecule has 0 saturated heterocycles. The van der Waals surface area contributed by atoms with Gasteiger partial charge < -0.3 is 9.47 Å². The highest BCUT2D eigenvalue weighted by Gasteiger charge is 2.02. The molecule has 0 saturated carbocycles. The molecule has 0 aromatic heterocycles. The third kappa shape index (κ3) is 5.80. The fourth-order valence-electron chi connectivity index (χ4n) is 1.19. The van der Waals surface area contributed by atoms with Crippen LogP contribution in [0.1, 0.15) is 19.8 Å². The Labute approximate surface area is 111 Å². The third-order valence-corrected chi connectivity index (χ3v) is 2.53. The Kier molecular flexibility index (Phi) is 6.16. The van der Waals surface area contributed by atoms with Crippen molar-refractivity contribution in [2.75, 3.05) is 13.2 Å². The first-order valence-corrected chi connectivity index (χ1v) is 6.06. The lowest BCUT2D eigenvalue weighted by Gasteiger charge is -2.08. The van der Waals surface area contributed by atoms with Crippen molar-refractivity contribution >= 4 is 29.2 Å². The van der Waals surface area contributed by atoms with E-state index in [0.717, 1.165) is 12.8 Å². The molecule has 17 heavy (non-hydrogen) atoms. The zero-order valence-corrected chi connectivity index (χ0v) is 11.1. The highest BCUT2D eigenvalue weighted by molar-refractivity contribution is 6.35. The number of unbranched alkanes of at least 4 members (excludes halogenated alkanes) is 1. The van der Waals surface area contributed by atoms with Crippen LogP contribution in [-0.2, 0) is 9.53 Å². The number of esters is 1. The van der Waals surface area contributed by atoms with Gasteiger partial charge in [-0.2, -0.15) is 0 Å². The van der Waals surface area contributed by atoms with Crippen LogP contribution in [0.2, 0.25) is 10.0 Å². The molecule has 3 nitrogen and oxygen atoms in total. The minimum atomic E-state index is -0.258. The van der Waals surface area contributed by atoms with Crippen LogP contribution in [0.4, 0.5) is 0 Å². The van der Waals surface area contributed by atoms with Crippen molar-refractivity contribution in [1.82, 2.24) is 0 Å². The molecule has 0 unspecified atom stereocenters. The average molecular weight is 277 g/mol. The fourth-order valence-corrected chi connectivity index (χ4v) is 1.66. The molecule has 0 aliphatic heterocycles. The smallest absolute Gasteiger partial charge is 0.302 e. The first-order chi connectivity index (χ1) is 8.09. The SMILES string of the molecule is CC(=O)OCCCCOc1ccc(Cl)cc1Cl. The van der Waals surface area contributed by atoms with Gasteiger partial charge >= 0.3 is 5.97 Å². The number of hydrogen-bond donors (Lipinski definition) is 0. The van der Waals surface area contributed by atoms with Crippen LogP contribution in [0.25, 0.3) is 0 Å². The van der Waals surface area contributed by atoms with E-state index in [1.807, 2.05) is 0 Å². The molecule has 5 heteroatoms. The highest BCUT2D eigenvalue weighted by Crippen LogP contribution is 2.27. The van der Waals surface area contributed by atoms with Crippen LogP contribution < -0.4 is 4.74 Å². The van der Waals surface area contributed by atoms with Crippen LogP contribution >= 0.6 is 23.2 Å². The standard InChI is InChI=1S/C12H14Cl2O3/c1-9(15)16-6-2-3-7-17-12-5-4-10(13)8-11(12)14/h4-5,8H,2-3,6-7H2,1H3. The maximum Gasteiger partial charge on any atom is 0.302 e. The molecule has 0 aliphatic carbocycles. The molecule has 0 fully saturated rings. The number of carbonyl (C=O) groups excluding carboxylic acids is 1. The maximum absolute atomic E-state index is 10.5. The number of halogens is 2. The summed E-state index contributed by atoms with van der Waals surface area (Å²) in [5.74, 6) is 0.357. The lowest BCUT2D eigenvalue weighted by Crippen LogP contribution is -2.03. The van der Waals surface area contributed by atoms with Crippen molar-refractivity contribution in [3.63, 3.8) is 0 Å². The van der Waals surface area contributed by atoms with Gasteiger partial charge in [0.15, 0.2) is 0 Å². The predicted molar refractivity (Wildman–Crippen MR) is 67.8 cm³/mol.